The van der Waals surface area contributed by atoms with E-state index in [0.717, 1.165) is 5.56 Å². The van der Waals surface area contributed by atoms with Gasteiger partial charge in [0.15, 0.2) is 0 Å². The molecule has 0 saturated carbocycles. The second kappa shape index (κ2) is 3.66. The maximum atomic E-state index is 11.2. The monoisotopic (exact) mass is 318 g/mol. The lowest BCUT2D eigenvalue weighted by molar-refractivity contribution is 0.0600. The highest BCUT2D eigenvalue weighted by atomic mass is 79.9. The second-order valence-electron chi connectivity index (χ2n) is 3.14. The number of esters is 1. The SMILES string of the molecule is COC(=O)c1ccc2c(c1)[C@@H](Br)[C@H]2Br. The van der Waals surface area contributed by atoms with Gasteiger partial charge in [0.05, 0.1) is 22.3 Å². The predicted molar refractivity (Wildman–Crippen MR) is 61.1 cm³/mol. The summed E-state index contributed by atoms with van der Waals surface area (Å²) >= 11 is 7.07. The van der Waals surface area contributed by atoms with Crippen LogP contribution in [0.15, 0.2) is 18.2 Å². The van der Waals surface area contributed by atoms with Crippen LogP contribution in [0.4, 0.5) is 0 Å². The van der Waals surface area contributed by atoms with Gasteiger partial charge >= 0.3 is 5.97 Å². The Bertz CT molecular complexity index is 390. The van der Waals surface area contributed by atoms with E-state index >= 15 is 0 Å². The number of halogens is 2. The van der Waals surface area contributed by atoms with Crippen LogP contribution in [0.1, 0.15) is 31.1 Å². The number of hydrogen-bond acceptors (Lipinski definition) is 2. The van der Waals surface area contributed by atoms with Gasteiger partial charge in [-0.15, -0.1) is 0 Å². The zero-order valence-electron chi connectivity index (χ0n) is 7.46. The minimum atomic E-state index is -0.287. The van der Waals surface area contributed by atoms with Crippen molar-refractivity contribution in [3.05, 3.63) is 34.9 Å². The third kappa shape index (κ3) is 1.41. The summed E-state index contributed by atoms with van der Waals surface area (Å²) in [6.07, 6.45) is 0. The lowest BCUT2D eigenvalue weighted by Gasteiger charge is -2.31. The fraction of sp³-hybridized carbons (Fsp3) is 0.300. The first-order chi connectivity index (χ1) is 6.65. The minimum Gasteiger partial charge on any atom is -0.465 e. The smallest absolute Gasteiger partial charge is 0.337 e. The van der Waals surface area contributed by atoms with Gasteiger partial charge < -0.3 is 4.74 Å². The van der Waals surface area contributed by atoms with Gasteiger partial charge in [-0.05, 0) is 23.3 Å². The van der Waals surface area contributed by atoms with Crippen LogP contribution in [-0.2, 0) is 4.74 Å². The first-order valence-corrected chi connectivity index (χ1v) is 5.98. The summed E-state index contributed by atoms with van der Waals surface area (Å²) in [6.45, 7) is 0. The topological polar surface area (TPSA) is 26.3 Å². The van der Waals surface area contributed by atoms with Crippen LogP contribution in [0.2, 0.25) is 0 Å². The largest absolute Gasteiger partial charge is 0.465 e. The average Bonchev–Trinajstić information content (AvgIpc) is 2.26. The van der Waals surface area contributed by atoms with Crippen LogP contribution in [0.3, 0.4) is 0 Å². The number of benzene rings is 1. The highest BCUT2D eigenvalue weighted by molar-refractivity contribution is 9.12. The van der Waals surface area contributed by atoms with Crippen LogP contribution in [0, 0.1) is 0 Å². The molecule has 2 rings (SSSR count). The van der Waals surface area contributed by atoms with Crippen molar-refractivity contribution in [3.8, 4) is 0 Å². The molecule has 0 bridgehead atoms. The van der Waals surface area contributed by atoms with Gasteiger partial charge in [0.1, 0.15) is 0 Å². The number of hydrogen-bond donors (Lipinski definition) is 0. The molecule has 0 saturated heterocycles. The molecule has 1 aliphatic rings. The van der Waals surface area contributed by atoms with Crippen LogP contribution in [-0.4, -0.2) is 13.1 Å². The molecular formula is C10H8Br2O2. The summed E-state index contributed by atoms with van der Waals surface area (Å²) in [5.74, 6) is -0.287. The summed E-state index contributed by atoms with van der Waals surface area (Å²) < 4.78 is 4.65. The van der Waals surface area contributed by atoms with E-state index in [4.69, 9.17) is 0 Å². The molecule has 0 radical (unpaired) electrons. The van der Waals surface area contributed by atoms with Crippen molar-refractivity contribution in [1.82, 2.24) is 0 Å². The molecule has 1 aromatic rings. The van der Waals surface area contributed by atoms with E-state index in [0.29, 0.717) is 15.2 Å². The van der Waals surface area contributed by atoms with E-state index in [1.807, 2.05) is 12.1 Å². The Morgan fingerprint density at radius 3 is 2.57 bits per heavy atom. The lowest BCUT2D eigenvalue weighted by atomic mass is 9.87. The number of fused-ring (bicyclic) bond motifs is 1. The number of methoxy groups -OCH3 is 1. The molecular weight excluding hydrogens is 312 g/mol. The van der Waals surface area contributed by atoms with Gasteiger partial charge in [-0.2, -0.15) is 0 Å². The predicted octanol–water partition coefficient (Wildman–Crippen LogP) is 3.36. The molecule has 1 aliphatic carbocycles. The number of carbonyl (C=O) groups excluding carboxylic acids is 1. The van der Waals surface area contributed by atoms with Crippen molar-refractivity contribution >= 4 is 37.8 Å². The van der Waals surface area contributed by atoms with Crippen LogP contribution in [0.25, 0.3) is 0 Å². The highest BCUT2D eigenvalue weighted by Gasteiger charge is 2.34. The van der Waals surface area contributed by atoms with E-state index in [1.165, 1.54) is 12.7 Å². The Labute approximate surface area is 98.9 Å². The molecule has 0 aromatic heterocycles. The van der Waals surface area contributed by atoms with Crippen molar-refractivity contribution in [1.29, 1.82) is 0 Å². The van der Waals surface area contributed by atoms with Crippen LogP contribution >= 0.6 is 31.9 Å². The average molecular weight is 320 g/mol. The Morgan fingerprint density at radius 2 is 1.93 bits per heavy atom. The van der Waals surface area contributed by atoms with Crippen molar-refractivity contribution in [3.63, 3.8) is 0 Å². The molecule has 4 heteroatoms. The van der Waals surface area contributed by atoms with Gasteiger partial charge in [0.2, 0.25) is 0 Å². The normalized spacial score (nSPS) is 23.6. The lowest BCUT2D eigenvalue weighted by Crippen LogP contribution is -2.16. The Kier molecular flexibility index (Phi) is 2.66. The zero-order valence-corrected chi connectivity index (χ0v) is 10.6. The highest BCUT2D eigenvalue weighted by Crippen LogP contribution is 2.54. The quantitative estimate of drug-likeness (QED) is 0.586. The number of ether oxygens (including phenoxy) is 1. The number of carbonyl (C=O) groups is 1. The number of rotatable bonds is 1. The first kappa shape index (κ1) is 10.2. The van der Waals surface area contributed by atoms with Gasteiger partial charge in [-0.3, -0.25) is 0 Å². The van der Waals surface area contributed by atoms with Gasteiger partial charge in [-0.1, -0.05) is 37.9 Å². The Hall–Kier alpha value is -0.350. The van der Waals surface area contributed by atoms with Crippen molar-refractivity contribution in [2.45, 2.75) is 9.65 Å². The summed E-state index contributed by atoms with van der Waals surface area (Å²) in [7, 11) is 1.39. The maximum Gasteiger partial charge on any atom is 0.337 e. The molecule has 2 atom stereocenters. The van der Waals surface area contributed by atoms with Gasteiger partial charge in [0.25, 0.3) is 0 Å². The van der Waals surface area contributed by atoms with Crippen molar-refractivity contribution in [2.24, 2.45) is 0 Å². The standard InChI is InChI=1S/C10H8Br2O2/c1-14-10(13)5-2-3-6-7(4-5)9(12)8(6)11/h2-4,8-9H,1H3/t8-,9+/m0/s1. The molecule has 74 valence electrons. The third-order valence-corrected chi connectivity index (χ3v) is 5.11. The summed E-state index contributed by atoms with van der Waals surface area (Å²) in [5.41, 5.74) is 3.00. The molecule has 0 amide bonds. The van der Waals surface area contributed by atoms with Crippen LogP contribution in [0.5, 0.6) is 0 Å². The van der Waals surface area contributed by atoms with Crippen molar-refractivity contribution < 1.29 is 9.53 Å². The van der Waals surface area contributed by atoms with Gasteiger partial charge in [0, 0.05) is 0 Å². The van der Waals surface area contributed by atoms with E-state index < -0.39 is 0 Å². The Morgan fingerprint density at radius 1 is 1.29 bits per heavy atom. The number of alkyl halides is 2. The third-order valence-electron chi connectivity index (χ3n) is 2.36. The minimum absolute atomic E-state index is 0.287. The maximum absolute atomic E-state index is 11.2. The molecule has 1 aromatic carbocycles. The van der Waals surface area contributed by atoms with Crippen molar-refractivity contribution in [2.75, 3.05) is 7.11 Å². The molecule has 0 spiro atoms. The van der Waals surface area contributed by atoms with E-state index in [-0.39, 0.29) is 5.97 Å². The molecule has 0 aliphatic heterocycles. The molecule has 2 nitrogen and oxygen atoms in total. The van der Waals surface area contributed by atoms with E-state index in [2.05, 4.69) is 36.6 Å². The molecule has 0 fully saturated rings. The van der Waals surface area contributed by atoms with Crippen LogP contribution < -0.4 is 0 Å². The zero-order chi connectivity index (χ0) is 10.3. The fourth-order valence-electron chi connectivity index (χ4n) is 1.53. The summed E-state index contributed by atoms with van der Waals surface area (Å²) in [4.78, 5) is 11.9. The Balaban J connectivity index is 2.37. The van der Waals surface area contributed by atoms with E-state index in [1.54, 1.807) is 6.07 Å². The van der Waals surface area contributed by atoms with Gasteiger partial charge in [-0.25, -0.2) is 4.79 Å². The summed E-state index contributed by atoms with van der Waals surface area (Å²) in [5, 5.41) is 0. The first-order valence-electron chi connectivity index (χ1n) is 4.15. The summed E-state index contributed by atoms with van der Waals surface area (Å²) in [6, 6.07) is 5.62. The molecule has 14 heavy (non-hydrogen) atoms. The second-order valence-corrected chi connectivity index (χ2v) is 5.11. The molecule has 0 N–H and O–H groups in total. The fourth-order valence-corrected chi connectivity index (χ4v) is 2.91. The van der Waals surface area contributed by atoms with E-state index in [9.17, 15) is 4.79 Å². The molecule has 0 unspecified atom stereocenters. The molecule has 0 heterocycles.